The third-order valence-electron chi connectivity index (χ3n) is 15.4. The molecule has 2 atom stereocenters. The van der Waals surface area contributed by atoms with Crippen LogP contribution in [0, 0.1) is 11.3 Å². The van der Waals surface area contributed by atoms with Crippen LogP contribution in [0.15, 0.2) is 47.7 Å². The number of halogens is 4. The zero-order chi connectivity index (χ0) is 47.1. The second-order valence-electron chi connectivity index (χ2n) is 19.8. The molecule has 5 aliphatic heterocycles. The molecule has 1 aliphatic carbocycles. The lowest BCUT2D eigenvalue weighted by molar-refractivity contribution is -0.135. The van der Waals surface area contributed by atoms with Gasteiger partial charge in [-0.2, -0.15) is 10.2 Å². The van der Waals surface area contributed by atoms with Crippen LogP contribution in [0.4, 0.5) is 34.8 Å². The number of hydrogen-bond acceptors (Lipinski definition) is 12. The highest BCUT2D eigenvalue weighted by Crippen LogP contribution is 2.41. The molecule has 22 heteroatoms. The van der Waals surface area contributed by atoms with Gasteiger partial charge in [0.2, 0.25) is 11.8 Å². The molecule has 0 radical (unpaired) electrons. The van der Waals surface area contributed by atoms with Crippen molar-refractivity contribution in [3.8, 4) is 0 Å². The van der Waals surface area contributed by atoms with Crippen LogP contribution in [-0.4, -0.2) is 145 Å². The van der Waals surface area contributed by atoms with E-state index in [-0.39, 0.29) is 59.6 Å². The number of rotatable bonds is 10. The van der Waals surface area contributed by atoms with Gasteiger partial charge in [-0.3, -0.25) is 43.3 Å². The average Bonchev–Trinajstić information content (AvgIpc) is 4.11. The number of carbonyl (C=O) groups is 3. The van der Waals surface area contributed by atoms with E-state index in [4.69, 9.17) is 9.72 Å². The number of piperidine rings is 2. The highest BCUT2D eigenvalue weighted by molar-refractivity contribution is 6.08. The van der Waals surface area contributed by atoms with Gasteiger partial charge in [0.05, 0.1) is 60.4 Å². The van der Waals surface area contributed by atoms with Gasteiger partial charge in [0.15, 0.2) is 11.3 Å². The number of para-hydroxylation sites is 1. The monoisotopic (exact) mass is 945 g/mol. The average molecular weight is 946 g/mol. The molecule has 2 unspecified atom stereocenters. The fourth-order valence-electron chi connectivity index (χ4n) is 11.7. The molecule has 0 bridgehead atoms. The molecule has 5 aromatic rings. The number of nitrogens with zero attached hydrogens (tertiary/aromatic N) is 11. The Bertz CT molecular complexity index is 2820. The second-order valence-corrected chi connectivity index (χ2v) is 19.8. The Balaban J connectivity index is 0.681. The van der Waals surface area contributed by atoms with Crippen molar-refractivity contribution in [1.82, 2.24) is 48.6 Å². The molecule has 68 heavy (non-hydrogen) atoms. The van der Waals surface area contributed by atoms with Crippen LogP contribution in [0.1, 0.15) is 85.9 Å². The van der Waals surface area contributed by atoms with Crippen LogP contribution in [0.2, 0.25) is 0 Å². The number of nitrogens with one attached hydrogen (secondary N) is 2. The van der Waals surface area contributed by atoms with E-state index >= 15 is 8.78 Å². The van der Waals surface area contributed by atoms with Crippen molar-refractivity contribution in [2.24, 2.45) is 18.4 Å². The van der Waals surface area contributed by atoms with Crippen LogP contribution < -0.4 is 26.1 Å². The summed E-state index contributed by atoms with van der Waals surface area (Å²) in [5.41, 5.74) is 1.68. The van der Waals surface area contributed by atoms with E-state index in [9.17, 15) is 28.0 Å². The Kier molecular flexibility index (Phi) is 11.3. The number of ether oxygens (including phenoxy) is 1. The van der Waals surface area contributed by atoms with Crippen molar-refractivity contribution in [1.29, 1.82) is 0 Å². The second kappa shape index (κ2) is 17.3. The highest BCUT2D eigenvalue weighted by Gasteiger charge is 2.49. The minimum atomic E-state index is -2.94. The zero-order valence-electron chi connectivity index (χ0n) is 37.8. The maximum Gasteiger partial charge on any atom is 0.329 e. The van der Waals surface area contributed by atoms with Crippen molar-refractivity contribution < 1.29 is 36.7 Å². The fourth-order valence-corrected chi connectivity index (χ4v) is 11.7. The van der Waals surface area contributed by atoms with E-state index in [0.717, 1.165) is 51.3 Å². The van der Waals surface area contributed by atoms with E-state index in [2.05, 4.69) is 30.6 Å². The Labute approximate surface area is 388 Å². The van der Waals surface area contributed by atoms with Gasteiger partial charge in [0.25, 0.3) is 18.3 Å². The lowest BCUT2D eigenvalue weighted by Gasteiger charge is -2.47. The number of hydrogen-bond donors (Lipinski definition) is 2. The first-order valence-electron chi connectivity index (χ1n) is 23.7. The van der Waals surface area contributed by atoms with Gasteiger partial charge < -0.3 is 19.9 Å². The van der Waals surface area contributed by atoms with Crippen LogP contribution in [-0.2, 0) is 21.4 Å². The Morgan fingerprint density at radius 1 is 0.956 bits per heavy atom. The van der Waals surface area contributed by atoms with E-state index < -0.39 is 41.9 Å². The number of alkyl halides is 4. The van der Waals surface area contributed by atoms with Crippen molar-refractivity contribution in [3.05, 3.63) is 64.6 Å². The van der Waals surface area contributed by atoms with Gasteiger partial charge in [0, 0.05) is 83.6 Å². The molecule has 11 rings (SSSR count). The molecular formula is C46H55F4N13O5. The minimum absolute atomic E-state index is 0.0772. The SMILES string of the molecule is Cn1c(=O)n(C2CCC(=O)NC2=O)c2cccc(N3CCN(C4CCN(CC5CCC(n6cc(NC(=O)c7cnn8ccc(N9CCC%10(COC%10)C9)nc78)c(C(F)F)n6)CC5)CC4(F)F)CC3)c21. The quantitative estimate of drug-likeness (QED) is 0.151. The molecule has 18 nitrogen and oxygen atoms in total. The van der Waals surface area contributed by atoms with Crippen LogP contribution in [0.25, 0.3) is 16.7 Å². The summed E-state index contributed by atoms with van der Waals surface area (Å²) >= 11 is 0. The first-order chi connectivity index (χ1) is 32.7. The summed E-state index contributed by atoms with van der Waals surface area (Å²) in [6, 6.07) is 5.48. The summed E-state index contributed by atoms with van der Waals surface area (Å²) in [4.78, 5) is 64.4. The highest BCUT2D eigenvalue weighted by atomic mass is 19.3. The largest absolute Gasteiger partial charge is 0.380 e. The van der Waals surface area contributed by atoms with Gasteiger partial charge in [-0.15, -0.1) is 0 Å². The van der Waals surface area contributed by atoms with Gasteiger partial charge in [-0.05, 0) is 69.1 Å². The van der Waals surface area contributed by atoms with Gasteiger partial charge >= 0.3 is 5.69 Å². The lowest BCUT2D eigenvalue weighted by atomic mass is 9.85. The van der Waals surface area contributed by atoms with Crippen molar-refractivity contribution >= 4 is 51.6 Å². The summed E-state index contributed by atoms with van der Waals surface area (Å²) in [5, 5.41) is 13.5. The molecule has 9 heterocycles. The number of likely N-dealkylation sites (tertiary alicyclic amines) is 1. The summed E-state index contributed by atoms with van der Waals surface area (Å²) < 4.78 is 72.3. The Morgan fingerprint density at radius 3 is 2.46 bits per heavy atom. The Morgan fingerprint density at radius 2 is 1.75 bits per heavy atom. The maximum absolute atomic E-state index is 16.1. The molecule has 1 aromatic carbocycles. The van der Waals surface area contributed by atoms with Crippen molar-refractivity contribution in [3.63, 3.8) is 0 Å². The first-order valence-corrected chi connectivity index (χ1v) is 23.7. The van der Waals surface area contributed by atoms with E-state index in [0.29, 0.717) is 81.0 Å². The number of aryl methyl sites for hydroxylation is 1. The lowest BCUT2D eigenvalue weighted by Crippen LogP contribution is -2.62. The normalized spacial score (nSPS) is 25.7. The Hall–Kier alpha value is -5.87. The predicted molar refractivity (Wildman–Crippen MR) is 241 cm³/mol. The summed E-state index contributed by atoms with van der Waals surface area (Å²) in [6.45, 7) is 5.59. The number of piperazine rings is 1. The first kappa shape index (κ1) is 44.6. The van der Waals surface area contributed by atoms with Crippen molar-refractivity contribution in [2.75, 3.05) is 87.2 Å². The van der Waals surface area contributed by atoms with Gasteiger partial charge in [0.1, 0.15) is 17.4 Å². The van der Waals surface area contributed by atoms with E-state index in [1.807, 2.05) is 28.0 Å². The molecule has 362 valence electrons. The van der Waals surface area contributed by atoms with E-state index in [1.165, 1.54) is 30.7 Å². The molecule has 5 saturated heterocycles. The number of imide groups is 1. The molecule has 4 aromatic heterocycles. The molecule has 6 aliphatic rings. The number of aromatic nitrogens is 7. The molecule has 1 spiro atoms. The fraction of sp³-hybridized carbons (Fsp3) is 0.587. The summed E-state index contributed by atoms with van der Waals surface area (Å²) in [5.74, 6) is -3.55. The topological polar surface area (TPSA) is 172 Å². The maximum atomic E-state index is 16.1. The van der Waals surface area contributed by atoms with E-state index in [1.54, 1.807) is 19.3 Å². The van der Waals surface area contributed by atoms with Crippen LogP contribution in [0.5, 0.6) is 0 Å². The smallest absolute Gasteiger partial charge is 0.329 e. The number of fused-ring (bicyclic) bond motifs is 2. The molecule has 1 saturated carbocycles. The molecule has 3 amide bonds. The number of imidazole rings is 1. The summed E-state index contributed by atoms with van der Waals surface area (Å²) in [6.07, 6.45) is 6.05. The van der Waals surface area contributed by atoms with Crippen LogP contribution in [0.3, 0.4) is 0 Å². The molecule has 2 N–H and O–H groups in total. The minimum Gasteiger partial charge on any atom is -0.380 e. The summed E-state index contributed by atoms with van der Waals surface area (Å²) in [7, 11) is 1.66. The molecule has 6 fully saturated rings. The predicted octanol–water partition coefficient (Wildman–Crippen LogP) is 4.24. The number of benzene rings is 1. The number of amides is 3. The van der Waals surface area contributed by atoms with Gasteiger partial charge in [-0.25, -0.2) is 31.9 Å². The van der Waals surface area contributed by atoms with Crippen molar-refractivity contribution in [2.45, 2.75) is 81.8 Å². The van der Waals surface area contributed by atoms with Gasteiger partial charge in [-0.1, -0.05) is 6.07 Å². The number of carbonyl (C=O) groups excluding carboxylic acids is 3. The zero-order valence-corrected chi connectivity index (χ0v) is 37.8. The number of anilines is 3. The third kappa shape index (κ3) is 8.00. The third-order valence-corrected chi connectivity index (χ3v) is 15.4. The van der Waals surface area contributed by atoms with Crippen LogP contribution >= 0.6 is 0 Å². The molecular weight excluding hydrogens is 891 g/mol. The standard InChI is InChI=1S/C46H55F4N13O5/c1-56-39-32(3-2-4-33(39)63(44(56)67)34-9-10-37(64)54-43(34)66)58-17-19-59(20-18-58)35-11-14-57(25-46(35,49)50)22-28-5-7-29(8-6-28)62-23-31(38(55-62)40(47)48)52-42(65)30-21-51-61-15-12-36(53-41(30)61)60-16-13-45(24-60)26-68-27-45/h2-4,12,15,21,23,28-29,34-35,40H,5-11,13-14,16-20,22,24-27H2,1H3,(H,52,65)(H,54,64,66).